The number of aliphatic hydroxyl groups is 29. The molecule has 9 aliphatic rings. The van der Waals surface area contributed by atoms with Gasteiger partial charge >= 0.3 is 11.9 Å². The fraction of sp³-hybridized carbons (Fsp3) is 0.968. The monoisotopic (exact) mass is 1760 g/mol. The molecule has 9 heterocycles. The molecule has 0 aromatic heterocycles. The fourth-order valence-corrected chi connectivity index (χ4v) is 15.5. The molecule has 0 saturated carbocycles. The standard InChI is InChI=1S/C63H108NO53P/c1-64-25-52(117(2)98)48(116-118)24(102-53(25)93)13-101-62(60(94)95)4-20(113-63(61(96)97)3-14(71)26(77)45(114-63)17(74)7-67)47(46(115-62)18(75)8-68)109-58-40(91)50(37(88)43(107-58)16(73)6-66)112-59-41(92)51(38(89)44(108-59)19(76)11-99-55-35(86)32(83)33(84)42(106-55)15(72)5-65)111-57-39(90)49(110-56-36(87)31(82)28(79)22(10-70)104-56)29(80)23(105-57)12-100-54-34(85)30(81)27(78)21(9-69)103-54/h14-59,64-93,98H,3-13,118H2,1-2H3,(H-,94,95,96,97)/p+1/t14-,15+,16+,17-,18-,19+,20-,21-,22-,23-,24-,25-,26-,27-,28-,29-,30+,31+,32+,33+,34-,35+,36-,37-,38-,39-,40+,41+,42-,43-,44-,45-,46-,47-,48-,49+,50+,51+,52-,53-,54+,55+,56-,57-,58-,59-,62-,63-/m1/s1. The Morgan fingerprint density at radius 2 is 0.831 bits per heavy atom. The number of carbonyl (C=O) groups is 2. The summed E-state index contributed by atoms with van der Waals surface area (Å²) in [5.41, 5.74) is 0. The summed E-state index contributed by atoms with van der Waals surface area (Å²) in [6.45, 7) is -11.1. The highest BCUT2D eigenvalue weighted by Crippen LogP contribution is 2.45. The number of hydrogen-bond donors (Lipinski definition) is 33. The van der Waals surface area contributed by atoms with Crippen molar-refractivity contribution in [2.45, 2.75) is 306 Å². The van der Waals surface area contributed by atoms with Crippen LogP contribution in [-0.4, -0.2) is 543 Å². The van der Waals surface area contributed by atoms with Crippen LogP contribution in [-0.2, 0) is 99.2 Å². The topological polar surface area (TPSA) is 862 Å². The van der Waals surface area contributed by atoms with Crippen LogP contribution in [0.3, 0.4) is 0 Å². The molecular formula is C63H109NO53P+. The summed E-state index contributed by atoms with van der Waals surface area (Å²) in [5, 5.41) is 357. The van der Waals surface area contributed by atoms with Gasteiger partial charge in [-0.2, -0.15) is 0 Å². The summed E-state index contributed by atoms with van der Waals surface area (Å²) in [6.07, 6.45) is -106. The van der Waals surface area contributed by atoms with Gasteiger partial charge in [-0.25, -0.2) is 14.1 Å². The second kappa shape index (κ2) is 42.3. The van der Waals surface area contributed by atoms with Gasteiger partial charge in [0, 0.05) is 22.3 Å². The van der Waals surface area contributed by atoms with E-state index in [-0.39, 0.29) is 0 Å². The molecule has 0 spiro atoms. The molecule has 0 aromatic rings. The van der Waals surface area contributed by atoms with Gasteiger partial charge in [0.05, 0.1) is 71.7 Å². The molecule has 55 heteroatoms. The van der Waals surface area contributed by atoms with Crippen molar-refractivity contribution in [3.8, 4) is 0 Å². The summed E-state index contributed by atoms with van der Waals surface area (Å²) in [4.78, 5) is 27.7. The molecule has 9 fully saturated rings. The molecule has 9 saturated heterocycles. The number of aliphatic hydroxyl groups excluding tert-OH is 29. The van der Waals surface area contributed by atoms with Gasteiger partial charge in [0.2, 0.25) is 6.10 Å². The van der Waals surface area contributed by atoms with Crippen LogP contribution < -0.4 is 5.32 Å². The first kappa shape index (κ1) is 99.2. The van der Waals surface area contributed by atoms with Crippen molar-refractivity contribution in [2.24, 2.45) is 0 Å². The first-order valence-electron chi connectivity index (χ1n) is 36.9. The van der Waals surface area contributed by atoms with Crippen LogP contribution in [0, 0.1) is 0 Å². The van der Waals surface area contributed by atoms with E-state index < -0.39 is 378 Å². The Bertz CT molecular complexity index is 3080. The Labute approximate surface area is 667 Å². The van der Waals surface area contributed by atoms with Gasteiger partial charge in [-0.05, 0) is 7.05 Å². The molecular weight excluding hydrogens is 1650 g/mol. The molecule has 688 valence electrons. The molecule has 9 aliphatic heterocycles. The van der Waals surface area contributed by atoms with Crippen molar-refractivity contribution in [1.29, 1.82) is 0 Å². The van der Waals surface area contributed by atoms with Crippen LogP contribution in [0.2, 0.25) is 0 Å². The zero-order valence-corrected chi connectivity index (χ0v) is 63.5. The van der Waals surface area contributed by atoms with E-state index >= 15 is 0 Å². The van der Waals surface area contributed by atoms with Crippen LogP contribution in [0.1, 0.15) is 12.8 Å². The van der Waals surface area contributed by atoms with Crippen LogP contribution in [0.15, 0.2) is 0 Å². The van der Waals surface area contributed by atoms with Crippen molar-refractivity contribution in [3.63, 3.8) is 0 Å². The van der Waals surface area contributed by atoms with E-state index in [1.54, 1.807) is 4.52 Å². The van der Waals surface area contributed by atoms with Gasteiger partial charge in [-0.1, -0.05) is 0 Å². The minimum absolute atomic E-state index is 1.00. The molecule has 0 amide bonds. The minimum atomic E-state index is -3.53. The van der Waals surface area contributed by atoms with Crippen LogP contribution in [0.25, 0.3) is 0 Å². The largest absolute Gasteiger partial charge is 0.477 e. The smallest absolute Gasteiger partial charge is 0.364 e. The first-order valence-corrected chi connectivity index (χ1v) is 37.3. The number of ether oxygens (including phenoxy) is 17. The van der Waals surface area contributed by atoms with E-state index in [9.17, 15) is 173 Å². The van der Waals surface area contributed by atoms with Crippen molar-refractivity contribution >= 4 is 21.4 Å². The second-order valence-electron chi connectivity index (χ2n) is 29.6. The Morgan fingerprint density at radius 1 is 0.424 bits per heavy atom. The lowest BCUT2D eigenvalue weighted by atomic mass is 9.89. The summed E-state index contributed by atoms with van der Waals surface area (Å²) in [7, 11) is 4.24. The Hall–Kier alpha value is -2.63. The highest BCUT2D eigenvalue weighted by atomic mass is 31.0. The third kappa shape index (κ3) is 20.8. The molecule has 0 bridgehead atoms. The minimum Gasteiger partial charge on any atom is -0.477 e. The summed E-state index contributed by atoms with van der Waals surface area (Å²) >= 11 is 0. The van der Waals surface area contributed by atoms with E-state index in [0.717, 1.165) is 7.11 Å². The van der Waals surface area contributed by atoms with Gasteiger partial charge < -0.3 is 249 Å². The Balaban J connectivity index is 1.11. The number of nitrogens with one attached hydrogen (secondary N) is 1. The summed E-state index contributed by atoms with van der Waals surface area (Å²) in [6, 6.07) is -1.20. The average molecular weight is 1760 g/mol. The fourth-order valence-electron chi connectivity index (χ4n) is 15.2. The van der Waals surface area contributed by atoms with E-state index in [0.29, 0.717) is 0 Å². The lowest BCUT2D eigenvalue weighted by molar-refractivity contribution is -0.469. The van der Waals surface area contributed by atoms with Crippen molar-refractivity contribution in [2.75, 3.05) is 73.6 Å². The van der Waals surface area contributed by atoms with Gasteiger partial charge in [0.1, 0.15) is 214 Å². The van der Waals surface area contributed by atoms with Crippen molar-refractivity contribution in [1.82, 2.24) is 5.32 Å². The van der Waals surface area contributed by atoms with Gasteiger partial charge in [-0.15, -0.1) is 5.26 Å². The first-order chi connectivity index (χ1) is 55.6. The number of likely N-dealkylation sites (N-methyl/N-ethyl adjacent to an activating group) is 1. The van der Waals surface area contributed by atoms with E-state index in [1.165, 1.54) is 7.05 Å². The second-order valence-corrected chi connectivity index (χ2v) is 29.9. The van der Waals surface area contributed by atoms with Crippen LogP contribution in [0.5, 0.6) is 0 Å². The maximum Gasteiger partial charge on any atom is 0.364 e. The summed E-state index contributed by atoms with van der Waals surface area (Å²) < 4.78 is 105. The molecule has 0 aliphatic carbocycles. The predicted octanol–water partition coefficient (Wildman–Crippen LogP) is -21.2. The number of hydrogen-bond acceptors (Lipinski definition) is 51. The molecule has 49 atom stereocenters. The number of aliphatic carboxylic acids is 2. The molecule has 0 radical (unpaired) electrons. The van der Waals surface area contributed by atoms with Crippen LogP contribution in [0.4, 0.5) is 0 Å². The number of rotatable bonds is 35. The third-order valence-electron chi connectivity index (χ3n) is 21.8. The SMILES string of the molecule is CN[C@@H]1[C@@H]([O+](C)O)[C@H](OP)[C@@H](CO[C@]2(C(=O)O)C[C@@H](O[C@]3(C(=O)O)C[C@@H](O)[C@@H](O)[C@@H]([C@H](O)CO)O3)[C@@H](O[C@H]3O[C@H]([C@@H](O)CO)[C@@H](O)[C@H](O[C@H]4O[C@H]([C@@H](O)CO[C@H]5O[C@H]([C@@H](O)CO)[C@@H](O)[C@H](O)[C@@H]5O)[C@@H](O)[C@H](O[C@H]5O[C@H](CO[C@H]6O[C@H](CO)[C@@H](O)[C@H](O)[C@H]6O)[C@@H](O)[C@H](O[C@H]6O[C@H](CO)[C@@H](O)[C@H](O)[C@H]6O)[C@H]5O)[C@@H]4O)[C@@H]3O)[C@@H]([C@H](O)CO)O2)O[C@H]1O. The van der Waals surface area contributed by atoms with Crippen molar-refractivity contribution in [3.05, 3.63) is 0 Å². The summed E-state index contributed by atoms with van der Waals surface area (Å²) in [5.74, 6) is -11.5. The number of carboxylic acids is 2. The van der Waals surface area contributed by atoms with E-state index in [2.05, 4.69) is 5.32 Å². The highest BCUT2D eigenvalue weighted by Gasteiger charge is 2.66. The van der Waals surface area contributed by atoms with Crippen molar-refractivity contribution < 1.29 is 263 Å². The van der Waals surface area contributed by atoms with Gasteiger partial charge in [-0.3, -0.25) is 0 Å². The third-order valence-corrected chi connectivity index (χ3v) is 22.1. The van der Waals surface area contributed by atoms with Gasteiger partial charge in [0.25, 0.3) is 11.6 Å². The van der Waals surface area contributed by atoms with Gasteiger partial charge in [0.15, 0.2) is 57.2 Å². The molecule has 33 N–H and O–H groups in total. The number of carboxylic acid groups (broad SMARTS) is 2. The maximum atomic E-state index is 14.0. The normalized spacial score (nSPS) is 48.7. The van der Waals surface area contributed by atoms with E-state index in [4.69, 9.17) is 85.1 Å². The molecule has 9 rings (SSSR count). The molecule has 0 aromatic carbocycles. The Kier molecular flexibility index (Phi) is 35.6. The quantitative estimate of drug-likeness (QED) is 0.0121. The zero-order chi connectivity index (χ0) is 87.5. The highest BCUT2D eigenvalue weighted by molar-refractivity contribution is 7.09. The average Bonchev–Trinajstić information content (AvgIpc) is 0.741. The predicted molar refractivity (Wildman–Crippen MR) is 360 cm³/mol. The molecule has 118 heavy (non-hydrogen) atoms. The molecule has 1 unspecified atom stereocenters. The molecule has 54 nitrogen and oxygen atoms in total. The van der Waals surface area contributed by atoms with Crippen LogP contribution >= 0.6 is 9.47 Å². The Morgan fingerprint density at radius 3 is 1.31 bits per heavy atom. The maximum absolute atomic E-state index is 14.0. The lowest BCUT2D eigenvalue weighted by Crippen LogP contribution is -2.71. The van der Waals surface area contributed by atoms with E-state index in [1.807, 2.05) is 9.47 Å². The zero-order valence-electron chi connectivity index (χ0n) is 62.3. The lowest BCUT2D eigenvalue weighted by Gasteiger charge is -2.52.